The van der Waals surface area contributed by atoms with Gasteiger partial charge in [0.2, 0.25) is 0 Å². The average molecular weight is 215 g/mol. The van der Waals surface area contributed by atoms with Crippen LogP contribution in [0.25, 0.3) is 0 Å². The van der Waals surface area contributed by atoms with Gasteiger partial charge in [-0.05, 0) is 36.7 Å². The summed E-state index contributed by atoms with van der Waals surface area (Å²) in [6, 6.07) is 4.21. The molecule has 0 saturated heterocycles. The molecule has 0 aliphatic carbocycles. The van der Waals surface area contributed by atoms with Gasteiger partial charge in [0.05, 0.1) is 4.90 Å². The predicted molar refractivity (Wildman–Crippen MR) is 54.0 cm³/mol. The van der Waals surface area contributed by atoms with Gasteiger partial charge in [-0.2, -0.15) is 0 Å². The van der Waals surface area contributed by atoms with Crippen LogP contribution in [0.4, 0.5) is 0 Å². The van der Waals surface area contributed by atoms with E-state index >= 15 is 0 Å². The fourth-order valence-corrected chi connectivity index (χ4v) is 1.82. The summed E-state index contributed by atoms with van der Waals surface area (Å²) >= 11 is 0. The first kappa shape index (κ1) is 11.0. The van der Waals surface area contributed by atoms with Crippen molar-refractivity contribution in [2.45, 2.75) is 11.3 Å². The minimum atomic E-state index is -3.21. The second-order valence-electron chi connectivity index (χ2n) is 3.10. The maximum Gasteiger partial charge on any atom is 0.175 e. The van der Waals surface area contributed by atoms with E-state index in [0.717, 1.165) is 6.26 Å². The zero-order valence-electron chi connectivity index (χ0n) is 7.90. The van der Waals surface area contributed by atoms with Crippen molar-refractivity contribution < 1.29 is 13.5 Å². The van der Waals surface area contributed by atoms with Gasteiger partial charge in [0, 0.05) is 6.26 Å². The van der Waals surface area contributed by atoms with E-state index in [2.05, 4.69) is 0 Å². The molecule has 1 aromatic carbocycles. The monoisotopic (exact) mass is 215 g/mol. The summed E-state index contributed by atoms with van der Waals surface area (Å²) in [4.78, 5) is 0.207. The lowest BCUT2D eigenvalue weighted by atomic mass is 10.1. The van der Waals surface area contributed by atoms with E-state index in [9.17, 15) is 13.5 Å². The molecule has 0 heterocycles. The van der Waals surface area contributed by atoms with Crippen molar-refractivity contribution in [2.24, 2.45) is 5.73 Å². The number of phenolic OH excluding ortho intramolecular Hbond substituents is 1. The maximum atomic E-state index is 11.2. The molecule has 0 bridgehead atoms. The van der Waals surface area contributed by atoms with Gasteiger partial charge in [-0.3, -0.25) is 0 Å². The lowest BCUT2D eigenvalue weighted by molar-refractivity contribution is 0.467. The quantitative estimate of drug-likeness (QED) is 0.759. The summed E-state index contributed by atoms with van der Waals surface area (Å²) in [5.41, 5.74) is 5.89. The van der Waals surface area contributed by atoms with Crippen LogP contribution in [0.1, 0.15) is 5.56 Å². The highest BCUT2D eigenvalue weighted by Crippen LogP contribution is 2.21. The van der Waals surface area contributed by atoms with Crippen molar-refractivity contribution in [3.8, 4) is 5.75 Å². The molecular formula is C9H13NO3S. The molecule has 5 heteroatoms. The molecule has 78 valence electrons. The minimum Gasteiger partial charge on any atom is -0.508 e. The van der Waals surface area contributed by atoms with E-state index in [0.29, 0.717) is 18.5 Å². The Morgan fingerprint density at radius 1 is 1.43 bits per heavy atom. The van der Waals surface area contributed by atoms with E-state index in [4.69, 9.17) is 5.73 Å². The van der Waals surface area contributed by atoms with Crippen molar-refractivity contribution in [1.29, 1.82) is 0 Å². The predicted octanol–water partition coefficient (Wildman–Crippen LogP) is 0.297. The highest BCUT2D eigenvalue weighted by Gasteiger charge is 2.09. The normalized spacial score (nSPS) is 11.6. The van der Waals surface area contributed by atoms with Crippen LogP contribution in [0.2, 0.25) is 0 Å². The number of benzene rings is 1. The zero-order valence-corrected chi connectivity index (χ0v) is 8.71. The van der Waals surface area contributed by atoms with Crippen molar-refractivity contribution in [3.05, 3.63) is 23.8 Å². The van der Waals surface area contributed by atoms with Gasteiger partial charge in [-0.15, -0.1) is 0 Å². The van der Waals surface area contributed by atoms with Gasteiger partial charge in [-0.25, -0.2) is 8.42 Å². The third-order valence-electron chi connectivity index (χ3n) is 1.89. The molecule has 3 N–H and O–H groups in total. The van der Waals surface area contributed by atoms with E-state index in [-0.39, 0.29) is 10.6 Å². The maximum absolute atomic E-state index is 11.2. The van der Waals surface area contributed by atoms with Crippen LogP contribution in [0.15, 0.2) is 23.1 Å². The fraction of sp³-hybridized carbons (Fsp3) is 0.333. The van der Waals surface area contributed by atoms with Gasteiger partial charge in [0.1, 0.15) is 5.75 Å². The summed E-state index contributed by atoms with van der Waals surface area (Å²) in [5, 5.41) is 9.38. The second kappa shape index (κ2) is 3.98. The summed E-state index contributed by atoms with van der Waals surface area (Å²) in [5.74, 6) is 0.0860. The molecule has 1 rings (SSSR count). The Morgan fingerprint density at radius 3 is 2.57 bits per heavy atom. The first-order chi connectivity index (χ1) is 6.45. The Hall–Kier alpha value is -1.07. The van der Waals surface area contributed by atoms with Crippen molar-refractivity contribution in [2.75, 3.05) is 12.8 Å². The van der Waals surface area contributed by atoms with Gasteiger partial charge >= 0.3 is 0 Å². The number of hydrogen-bond donors (Lipinski definition) is 2. The molecule has 0 aliphatic rings. The topological polar surface area (TPSA) is 80.4 Å². The third-order valence-corrected chi connectivity index (χ3v) is 3.00. The van der Waals surface area contributed by atoms with E-state index in [1.165, 1.54) is 18.2 Å². The van der Waals surface area contributed by atoms with Gasteiger partial charge in [-0.1, -0.05) is 0 Å². The van der Waals surface area contributed by atoms with E-state index in [1.807, 2.05) is 0 Å². The highest BCUT2D eigenvalue weighted by atomic mass is 32.2. The second-order valence-corrected chi connectivity index (χ2v) is 5.12. The van der Waals surface area contributed by atoms with Crippen LogP contribution >= 0.6 is 0 Å². The molecule has 0 fully saturated rings. The fourth-order valence-electron chi connectivity index (χ4n) is 1.15. The van der Waals surface area contributed by atoms with Crippen molar-refractivity contribution in [1.82, 2.24) is 0 Å². The Kier molecular flexibility index (Phi) is 3.13. The molecule has 4 nitrogen and oxygen atoms in total. The van der Waals surface area contributed by atoms with Gasteiger partial charge in [0.25, 0.3) is 0 Å². The largest absolute Gasteiger partial charge is 0.508 e. The van der Waals surface area contributed by atoms with Crippen LogP contribution in [0.5, 0.6) is 5.75 Å². The smallest absolute Gasteiger partial charge is 0.175 e. The first-order valence-corrected chi connectivity index (χ1v) is 6.06. The molecule has 0 atom stereocenters. The number of nitrogens with two attached hydrogens (primary N) is 1. The van der Waals surface area contributed by atoms with Crippen molar-refractivity contribution >= 4 is 9.84 Å². The molecular weight excluding hydrogens is 202 g/mol. The van der Waals surface area contributed by atoms with Crippen LogP contribution in [-0.2, 0) is 16.3 Å². The summed E-state index contributed by atoms with van der Waals surface area (Å²) in [6.07, 6.45) is 1.60. The summed E-state index contributed by atoms with van der Waals surface area (Å²) in [6.45, 7) is 0.376. The molecule has 14 heavy (non-hydrogen) atoms. The molecule has 0 aliphatic heterocycles. The summed E-state index contributed by atoms with van der Waals surface area (Å²) in [7, 11) is -3.21. The number of sulfone groups is 1. The van der Waals surface area contributed by atoms with E-state index in [1.54, 1.807) is 0 Å². The molecule has 0 aromatic heterocycles. The van der Waals surface area contributed by atoms with Crippen LogP contribution in [0, 0.1) is 0 Å². The lowest BCUT2D eigenvalue weighted by Crippen LogP contribution is -2.04. The number of phenols is 1. The Bertz CT molecular complexity index is 426. The molecule has 0 amide bonds. The average Bonchev–Trinajstić information content (AvgIpc) is 2.07. The first-order valence-electron chi connectivity index (χ1n) is 4.17. The Labute approximate surface area is 83.3 Å². The zero-order chi connectivity index (χ0) is 10.8. The van der Waals surface area contributed by atoms with Gasteiger partial charge in [0.15, 0.2) is 9.84 Å². The number of aromatic hydroxyl groups is 1. The Balaban J connectivity index is 3.20. The SMILES string of the molecule is CS(=O)(=O)c1ccc(O)c(CCN)c1. The number of hydrogen-bond acceptors (Lipinski definition) is 4. The number of rotatable bonds is 3. The standard InChI is InChI=1S/C9H13NO3S/c1-14(12,13)8-2-3-9(11)7(6-8)4-5-10/h2-3,6,11H,4-5,10H2,1H3. The summed E-state index contributed by atoms with van der Waals surface area (Å²) < 4.78 is 22.4. The third kappa shape index (κ3) is 2.46. The van der Waals surface area contributed by atoms with Crippen LogP contribution in [-0.4, -0.2) is 26.3 Å². The molecule has 0 spiro atoms. The lowest BCUT2D eigenvalue weighted by Gasteiger charge is -2.05. The minimum absolute atomic E-state index is 0.0860. The molecule has 0 saturated carbocycles. The van der Waals surface area contributed by atoms with Crippen LogP contribution < -0.4 is 5.73 Å². The van der Waals surface area contributed by atoms with E-state index < -0.39 is 9.84 Å². The molecule has 0 radical (unpaired) electrons. The van der Waals surface area contributed by atoms with Gasteiger partial charge < -0.3 is 10.8 Å². The molecule has 0 unspecified atom stereocenters. The Morgan fingerprint density at radius 2 is 2.07 bits per heavy atom. The molecule has 1 aromatic rings. The van der Waals surface area contributed by atoms with Crippen LogP contribution in [0.3, 0.4) is 0 Å². The van der Waals surface area contributed by atoms with Crippen molar-refractivity contribution in [3.63, 3.8) is 0 Å². The highest BCUT2D eigenvalue weighted by molar-refractivity contribution is 7.90.